The second-order valence-corrected chi connectivity index (χ2v) is 5.24. The van der Waals surface area contributed by atoms with E-state index < -0.39 is 0 Å². The molecule has 3 rings (SSSR count). The summed E-state index contributed by atoms with van der Waals surface area (Å²) in [5, 5.41) is 10.5. The molecule has 0 aliphatic carbocycles. The van der Waals surface area contributed by atoms with Crippen molar-refractivity contribution in [2.75, 3.05) is 19.8 Å². The first-order valence-electron chi connectivity index (χ1n) is 7.41. The van der Waals surface area contributed by atoms with Gasteiger partial charge in [0.25, 0.3) is 0 Å². The van der Waals surface area contributed by atoms with E-state index in [1.54, 1.807) is 0 Å². The molecule has 0 atom stereocenters. The fourth-order valence-electron chi connectivity index (χ4n) is 2.53. The van der Waals surface area contributed by atoms with E-state index in [-0.39, 0.29) is 0 Å². The Bertz CT molecular complexity index is 595. The number of hydrogen-bond donors (Lipinski definition) is 2. The van der Waals surface area contributed by atoms with Crippen LogP contribution in [0, 0.1) is 6.92 Å². The Morgan fingerprint density at radius 1 is 1.24 bits per heavy atom. The molecule has 5 heteroatoms. The highest BCUT2D eigenvalue weighted by atomic mass is 16.6. The van der Waals surface area contributed by atoms with Gasteiger partial charge in [-0.1, -0.05) is 12.1 Å². The number of benzene rings is 1. The Morgan fingerprint density at radius 3 is 3.00 bits per heavy atom. The van der Waals surface area contributed by atoms with Crippen LogP contribution in [-0.2, 0) is 13.0 Å². The Balaban J connectivity index is 1.46. The highest BCUT2D eigenvalue weighted by molar-refractivity contribution is 5.47. The number of nitrogens with one attached hydrogen (secondary N) is 2. The van der Waals surface area contributed by atoms with Crippen LogP contribution in [0.1, 0.15) is 23.2 Å². The van der Waals surface area contributed by atoms with E-state index in [9.17, 15) is 0 Å². The first kappa shape index (κ1) is 13.9. The predicted octanol–water partition coefficient (Wildman–Crippen LogP) is 2.21. The number of rotatable bonds is 6. The lowest BCUT2D eigenvalue weighted by atomic mass is 10.1. The molecule has 0 fully saturated rings. The number of aromatic nitrogens is 2. The highest BCUT2D eigenvalue weighted by Gasteiger charge is 2.14. The maximum absolute atomic E-state index is 5.71. The molecular weight excluding hydrogens is 266 g/mol. The lowest BCUT2D eigenvalue weighted by Gasteiger charge is -2.21. The summed E-state index contributed by atoms with van der Waals surface area (Å²) in [6.07, 6.45) is 4.04. The van der Waals surface area contributed by atoms with Crippen molar-refractivity contribution in [1.82, 2.24) is 15.5 Å². The van der Waals surface area contributed by atoms with Crippen molar-refractivity contribution in [2.45, 2.75) is 26.3 Å². The molecule has 2 aromatic rings. The van der Waals surface area contributed by atoms with Crippen LogP contribution >= 0.6 is 0 Å². The summed E-state index contributed by atoms with van der Waals surface area (Å²) in [7, 11) is 0. The van der Waals surface area contributed by atoms with Crippen LogP contribution in [0.25, 0.3) is 0 Å². The molecule has 21 heavy (non-hydrogen) atoms. The Kier molecular flexibility index (Phi) is 4.40. The van der Waals surface area contributed by atoms with Gasteiger partial charge in [0.05, 0.1) is 6.20 Å². The van der Waals surface area contributed by atoms with Crippen molar-refractivity contribution in [3.63, 3.8) is 0 Å². The number of ether oxygens (including phenoxy) is 2. The molecule has 0 bridgehead atoms. The third kappa shape index (κ3) is 3.36. The number of para-hydroxylation sites is 1. The number of aryl methyl sites for hydroxylation is 2. The summed E-state index contributed by atoms with van der Waals surface area (Å²) in [5.74, 6) is 1.75. The Hall–Kier alpha value is -2.01. The molecule has 1 aromatic carbocycles. The predicted molar refractivity (Wildman–Crippen MR) is 80.8 cm³/mol. The Labute approximate surface area is 124 Å². The number of fused-ring (bicyclic) bond motifs is 1. The van der Waals surface area contributed by atoms with Crippen LogP contribution in [-0.4, -0.2) is 30.0 Å². The minimum atomic E-state index is 0.629. The Morgan fingerprint density at radius 2 is 2.14 bits per heavy atom. The average Bonchev–Trinajstić information content (AvgIpc) is 2.92. The minimum absolute atomic E-state index is 0.629. The van der Waals surface area contributed by atoms with Crippen LogP contribution in [0.5, 0.6) is 11.5 Å². The van der Waals surface area contributed by atoms with Gasteiger partial charge in [0, 0.05) is 17.8 Å². The number of hydrogen-bond acceptors (Lipinski definition) is 4. The van der Waals surface area contributed by atoms with Crippen LogP contribution in [0.3, 0.4) is 0 Å². The fourth-order valence-corrected chi connectivity index (χ4v) is 2.53. The number of H-pyrrole nitrogens is 1. The summed E-state index contributed by atoms with van der Waals surface area (Å²) in [5.41, 5.74) is 3.62. The third-order valence-electron chi connectivity index (χ3n) is 3.70. The highest BCUT2D eigenvalue weighted by Crippen LogP contribution is 2.33. The van der Waals surface area contributed by atoms with Crippen LogP contribution in [0.15, 0.2) is 24.4 Å². The van der Waals surface area contributed by atoms with Gasteiger partial charge in [0.15, 0.2) is 11.5 Å². The minimum Gasteiger partial charge on any atom is -0.486 e. The van der Waals surface area contributed by atoms with Gasteiger partial charge in [-0.2, -0.15) is 5.10 Å². The van der Waals surface area contributed by atoms with Gasteiger partial charge in [0.1, 0.15) is 13.2 Å². The van der Waals surface area contributed by atoms with Gasteiger partial charge >= 0.3 is 0 Å². The van der Waals surface area contributed by atoms with E-state index in [1.807, 2.05) is 18.3 Å². The maximum Gasteiger partial charge on any atom is 0.165 e. The molecule has 0 unspecified atom stereocenters. The standard InChI is InChI=1S/C16H21N3O2/c1-12-13(11-18-19-12)5-3-7-17-10-14-4-2-6-15-16(14)21-9-8-20-15/h2,4,6,11,17H,3,5,7-10H2,1H3,(H,18,19). The van der Waals surface area contributed by atoms with Crippen LogP contribution in [0.4, 0.5) is 0 Å². The molecule has 1 aliphatic rings. The largest absolute Gasteiger partial charge is 0.486 e. The van der Waals surface area contributed by atoms with Crippen molar-refractivity contribution in [2.24, 2.45) is 0 Å². The molecule has 0 spiro atoms. The monoisotopic (exact) mass is 287 g/mol. The topological polar surface area (TPSA) is 59.2 Å². The van der Waals surface area contributed by atoms with Crippen molar-refractivity contribution < 1.29 is 9.47 Å². The molecule has 2 heterocycles. The molecule has 0 saturated heterocycles. The van der Waals surface area contributed by atoms with Gasteiger partial charge in [-0.15, -0.1) is 0 Å². The molecule has 1 aromatic heterocycles. The molecule has 1 aliphatic heterocycles. The van der Waals surface area contributed by atoms with Crippen molar-refractivity contribution >= 4 is 0 Å². The fraction of sp³-hybridized carbons (Fsp3) is 0.438. The summed E-state index contributed by atoms with van der Waals surface area (Å²) in [4.78, 5) is 0. The first-order chi connectivity index (χ1) is 10.3. The smallest absolute Gasteiger partial charge is 0.165 e. The van der Waals surface area contributed by atoms with Gasteiger partial charge in [-0.3, -0.25) is 5.10 Å². The lowest BCUT2D eigenvalue weighted by molar-refractivity contribution is 0.169. The van der Waals surface area contributed by atoms with Gasteiger partial charge in [0.2, 0.25) is 0 Å². The van der Waals surface area contributed by atoms with Gasteiger partial charge in [-0.05, 0) is 37.9 Å². The number of nitrogens with zero attached hydrogens (tertiary/aromatic N) is 1. The zero-order valence-electron chi connectivity index (χ0n) is 12.3. The van der Waals surface area contributed by atoms with Crippen molar-refractivity contribution in [1.29, 1.82) is 0 Å². The quantitative estimate of drug-likeness (QED) is 0.800. The van der Waals surface area contributed by atoms with Crippen molar-refractivity contribution in [3.05, 3.63) is 41.2 Å². The third-order valence-corrected chi connectivity index (χ3v) is 3.70. The molecule has 2 N–H and O–H groups in total. The van der Waals surface area contributed by atoms with Crippen LogP contribution < -0.4 is 14.8 Å². The van der Waals surface area contributed by atoms with Gasteiger partial charge < -0.3 is 14.8 Å². The summed E-state index contributed by atoms with van der Waals surface area (Å²) >= 11 is 0. The first-order valence-corrected chi connectivity index (χ1v) is 7.41. The van der Waals surface area contributed by atoms with Crippen LogP contribution in [0.2, 0.25) is 0 Å². The lowest BCUT2D eigenvalue weighted by Crippen LogP contribution is -2.20. The molecular formula is C16H21N3O2. The second-order valence-electron chi connectivity index (χ2n) is 5.24. The van der Waals surface area contributed by atoms with E-state index in [2.05, 4.69) is 28.5 Å². The van der Waals surface area contributed by atoms with Gasteiger partial charge in [-0.25, -0.2) is 0 Å². The molecule has 0 radical (unpaired) electrons. The molecule has 0 saturated carbocycles. The van der Waals surface area contributed by atoms with E-state index >= 15 is 0 Å². The van der Waals surface area contributed by atoms with E-state index in [1.165, 1.54) is 5.56 Å². The second kappa shape index (κ2) is 6.63. The van der Waals surface area contributed by atoms with E-state index in [4.69, 9.17) is 9.47 Å². The average molecular weight is 287 g/mol. The van der Waals surface area contributed by atoms with E-state index in [0.29, 0.717) is 13.2 Å². The van der Waals surface area contributed by atoms with E-state index in [0.717, 1.165) is 48.7 Å². The summed E-state index contributed by atoms with van der Waals surface area (Å²) in [6.45, 7) is 5.09. The number of aromatic amines is 1. The zero-order chi connectivity index (χ0) is 14.5. The van der Waals surface area contributed by atoms with Crippen molar-refractivity contribution in [3.8, 4) is 11.5 Å². The zero-order valence-corrected chi connectivity index (χ0v) is 12.3. The maximum atomic E-state index is 5.71. The SMILES string of the molecule is Cc1[nH]ncc1CCCNCc1cccc2c1OCCO2. The molecule has 0 amide bonds. The molecule has 5 nitrogen and oxygen atoms in total. The summed E-state index contributed by atoms with van der Waals surface area (Å²) < 4.78 is 11.3. The summed E-state index contributed by atoms with van der Waals surface area (Å²) in [6, 6.07) is 6.06. The molecule has 112 valence electrons. The normalized spacial score (nSPS) is 13.4.